The van der Waals surface area contributed by atoms with Gasteiger partial charge >= 0.3 is 0 Å². The first kappa shape index (κ1) is 15.3. The zero-order valence-corrected chi connectivity index (χ0v) is 13.0. The van der Waals surface area contributed by atoms with Gasteiger partial charge in [-0.15, -0.1) is 0 Å². The molecule has 0 aromatic heterocycles. The number of aryl methyl sites for hydroxylation is 2. The fraction of sp³-hybridized carbons (Fsp3) is 0.571. The molecule has 3 N–H and O–H groups in total. The predicted octanol–water partition coefficient (Wildman–Crippen LogP) is 2.15. The van der Waals surface area contributed by atoms with Crippen molar-refractivity contribution in [2.24, 2.45) is 5.84 Å². The van der Waals surface area contributed by atoms with E-state index in [1.165, 1.54) is 0 Å². The molecule has 1 aliphatic rings. The quantitative estimate of drug-likeness (QED) is 0.662. The summed E-state index contributed by atoms with van der Waals surface area (Å²) >= 11 is 0. The molecule has 0 saturated carbocycles. The van der Waals surface area contributed by atoms with Crippen LogP contribution in [-0.4, -0.2) is 25.8 Å². The second-order valence-corrected chi connectivity index (χ2v) is 7.28. The predicted molar refractivity (Wildman–Crippen MR) is 81.0 cm³/mol. The number of nitrogens with two attached hydrogens (primary N) is 1. The lowest BCUT2D eigenvalue weighted by atomic mass is 10.1. The van der Waals surface area contributed by atoms with E-state index >= 15 is 0 Å². The zero-order valence-electron chi connectivity index (χ0n) is 12.1. The molecule has 1 fully saturated rings. The number of nitrogens with zero attached hydrogens (tertiary/aromatic N) is 1. The normalized spacial score (nSPS) is 17.8. The van der Waals surface area contributed by atoms with E-state index in [-0.39, 0.29) is 0 Å². The van der Waals surface area contributed by atoms with Gasteiger partial charge in [-0.1, -0.05) is 12.8 Å². The number of sulfonamides is 1. The third-order valence-corrected chi connectivity index (χ3v) is 5.99. The van der Waals surface area contributed by atoms with Gasteiger partial charge in [0.25, 0.3) is 0 Å². The van der Waals surface area contributed by atoms with Crippen molar-refractivity contribution in [1.82, 2.24) is 4.31 Å². The lowest BCUT2D eigenvalue weighted by Gasteiger charge is -2.22. The molecule has 5 nitrogen and oxygen atoms in total. The smallest absolute Gasteiger partial charge is 0.243 e. The Bertz CT molecular complexity index is 553. The number of nitrogens with one attached hydrogen (secondary N) is 1. The average Bonchev–Trinajstić information content (AvgIpc) is 2.66. The third-order valence-electron chi connectivity index (χ3n) is 3.79. The first-order valence-corrected chi connectivity index (χ1v) is 8.49. The number of anilines is 1. The molecule has 0 aliphatic carbocycles. The highest BCUT2D eigenvalue weighted by Gasteiger charge is 2.28. The van der Waals surface area contributed by atoms with Crippen LogP contribution in [0.2, 0.25) is 0 Å². The van der Waals surface area contributed by atoms with Crippen LogP contribution in [0.5, 0.6) is 0 Å². The molecule has 0 radical (unpaired) electrons. The fourth-order valence-corrected chi connectivity index (χ4v) is 4.78. The summed E-state index contributed by atoms with van der Waals surface area (Å²) in [4.78, 5) is 0.429. The second kappa shape index (κ2) is 6.11. The van der Waals surface area contributed by atoms with Crippen LogP contribution in [0, 0.1) is 13.8 Å². The van der Waals surface area contributed by atoms with Gasteiger partial charge in [-0.3, -0.25) is 5.84 Å². The van der Waals surface area contributed by atoms with Gasteiger partial charge in [0.2, 0.25) is 10.0 Å². The highest BCUT2D eigenvalue weighted by Crippen LogP contribution is 2.28. The maximum absolute atomic E-state index is 12.9. The number of nitrogen functional groups attached to an aromatic ring is 1. The minimum atomic E-state index is -3.41. The highest BCUT2D eigenvalue weighted by molar-refractivity contribution is 7.89. The molecule has 0 atom stereocenters. The van der Waals surface area contributed by atoms with E-state index in [0.717, 1.165) is 42.5 Å². The molecule has 112 valence electrons. The molecule has 0 amide bonds. The van der Waals surface area contributed by atoms with Gasteiger partial charge < -0.3 is 5.43 Å². The molecular weight excluding hydrogens is 274 g/mol. The minimum Gasteiger partial charge on any atom is -0.324 e. The largest absolute Gasteiger partial charge is 0.324 e. The molecule has 0 unspecified atom stereocenters. The van der Waals surface area contributed by atoms with Crippen molar-refractivity contribution < 1.29 is 8.42 Å². The molecule has 2 rings (SSSR count). The molecule has 1 aromatic rings. The van der Waals surface area contributed by atoms with Crippen LogP contribution >= 0.6 is 0 Å². The summed E-state index contributed by atoms with van der Waals surface area (Å²) in [7, 11) is -3.41. The van der Waals surface area contributed by atoms with Crippen LogP contribution in [0.1, 0.15) is 36.8 Å². The third kappa shape index (κ3) is 2.97. The Morgan fingerprint density at radius 3 is 2.00 bits per heavy atom. The summed E-state index contributed by atoms with van der Waals surface area (Å²) in [6.07, 6.45) is 4.11. The van der Waals surface area contributed by atoms with E-state index in [2.05, 4.69) is 5.43 Å². The Morgan fingerprint density at radius 2 is 1.55 bits per heavy atom. The lowest BCUT2D eigenvalue weighted by Crippen LogP contribution is -2.33. The first-order valence-electron chi connectivity index (χ1n) is 7.05. The topological polar surface area (TPSA) is 75.4 Å². The molecule has 1 saturated heterocycles. The van der Waals surface area contributed by atoms with Crippen molar-refractivity contribution in [3.05, 3.63) is 23.3 Å². The van der Waals surface area contributed by atoms with Crippen molar-refractivity contribution in [3.8, 4) is 0 Å². The molecule has 0 bridgehead atoms. The molecule has 0 spiro atoms. The van der Waals surface area contributed by atoms with Crippen molar-refractivity contribution >= 4 is 15.7 Å². The van der Waals surface area contributed by atoms with E-state index in [0.29, 0.717) is 18.0 Å². The van der Waals surface area contributed by atoms with Gasteiger partial charge in [0.05, 0.1) is 4.90 Å². The van der Waals surface area contributed by atoms with Gasteiger partial charge in [-0.25, -0.2) is 8.42 Å². The molecular formula is C14H23N3O2S. The summed E-state index contributed by atoms with van der Waals surface area (Å²) < 4.78 is 27.3. The molecule has 6 heteroatoms. The number of benzene rings is 1. The van der Waals surface area contributed by atoms with Crippen molar-refractivity contribution in [2.45, 2.75) is 44.4 Å². The van der Waals surface area contributed by atoms with E-state index < -0.39 is 10.0 Å². The summed E-state index contributed by atoms with van der Waals surface area (Å²) in [6.45, 7) is 4.88. The van der Waals surface area contributed by atoms with Crippen LogP contribution in [0.15, 0.2) is 17.0 Å². The number of rotatable bonds is 3. The average molecular weight is 297 g/mol. The Morgan fingerprint density at radius 1 is 1.05 bits per heavy atom. The number of hydrazine groups is 1. The Labute approximate surface area is 121 Å². The highest BCUT2D eigenvalue weighted by atomic mass is 32.2. The molecule has 20 heavy (non-hydrogen) atoms. The summed E-state index contributed by atoms with van der Waals surface area (Å²) in [5.74, 6) is 5.40. The van der Waals surface area contributed by atoms with Gasteiger partial charge in [0.15, 0.2) is 0 Å². The maximum Gasteiger partial charge on any atom is 0.243 e. The molecule has 1 aliphatic heterocycles. The van der Waals surface area contributed by atoms with E-state index in [4.69, 9.17) is 5.84 Å². The van der Waals surface area contributed by atoms with Crippen LogP contribution in [0.25, 0.3) is 0 Å². The van der Waals surface area contributed by atoms with E-state index in [1.54, 1.807) is 16.4 Å². The summed E-state index contributed by atoms with van der Waals surface area (Å²) in [5, 5.41) is 0. The summed E-state index contributed by atoms with van der Waals surface area (Å²) in [5.41, 5.74) is 4.78. The van der Waals surface area contributed by atoms with Crippen molar-refractivity contribution in [3.63, 3.8) is 0 Å². The van der Waals surface area contributed by atoms with E-state index in [1.807, 2.05) is 13.8 Å². The first-order chi connectivity index (χ1) is 9.46. The number of hydrogen-bond acceptors (Lipinski definition) is 4. The van der Waals surface area contributed by atoms with Gasteiger partial charge in [0.1, 0.15) is 0 Å². The monoisotopic (exact) mass is 297 g/mol. The maximum atomic E-state index is 12.9. The Balaban J connectivity index is 2.43. The Kier molecular flexibility index (Phi) is 4.67. The summed E-state index contributed by atoms with van der Waals surface area (Å²) in [6, 6.07) is 3.55. The standard InChI is InChI=1S/C14H23N3O2S/c1-11-9-13(16-15)10-12(2)14(11)20(18,19)17-7-5-3-4-6-8-17/h9-10,16H,3-8,15H2,1-2H3. The zero-order chi connectivity index (χ0) is 14.8. The van der Waals surface area contributed by atoms with Gasteiger partial charge in [-0.05, 0) is 49.9 Å². The molecule has 1 heterocycles. The number of hydrogen-bond donors (Lipinski definition) is 2. The second-order valence-electron chi connectivity index (χ2n) is 5.40. The fourth-order valence-electron chi connectivity index (χ4n) is 2.85. The van der Waals surface area contributed by atoms with Crippen molar-refractivity contribution in [1.29, 1.82) is 0 Å². The van der Waals surface area contributed by atoms with Gasteiger partial charge in [0, 0.05) is 18.8 Å². The van der Waals surface area contributed by atoms with E-state index in [9.17, 15) is 8.42 Å². The molecule has 1 aromatic carbocycles. The van der Waals surface area contributed by atoms with Crippen LogP contribution in [0.3, 0.4) is 0 Å². The van der Waals surface area contributed by atoms with Crippen molar-refractivity contribution in [2.75, 3.05) is 18.5 Å². The van der Waals surface area contributed by atoms with Gasteiger partial charge in [-0.2, -0.15) is 4.31 Å². The lowest BCUT2D eigenvalue weighted by molar-refractivity contribution is 0.423. The Hall–Kier alpha value is -1.11. The SMILES string of the molecule is Cc1cc(NN)cc(C)c1S(=O)(=O)N1CCCCCC1. The van der Waals surface area contributed by atoms with Crippen LogP contribution in [0.4, 0.5) is 5.69 Å². The minimum absolute atomic E-state index is 0.429. The van der Waals surface area contributed by atoms with Crippen LogP contribution in [-0.2, 0) is 10.0 Å². The van der Waals surface area contributed by atoms with Crippen LogP contribution < -0.4 is 11.3 Å².